The van der Waals surface area contributed by atoms with E-state index in [9.17, 15) is 4.79 Å². The van der Waals surface area contributed by atoms with E-state index in [1.807, 2.05) is 55.5 Å². The van der Waals surface area contributed by atoms with Crippen LogP contribution in [-0.2, 0) is 6.54 Å². The molecule has 0 unspecified atom stereocenters. The predicted molar refractivity (Wildman–Crippen MR) is 163 cm³/mol. The Morgan fingerprint density at radius 3 is 2.55 bits per heavy atom. The highest BCUT2D eigenvalue weighted by Crippen LogP contribution is 2.31. The third-order valence-electron chi connectivity index (χ3n) is 7.76. The highest BCUT2D eigenvalue weighted by atomic mass is 16.6. The van der Waals surface area contributed by atoms with Crippen molar-refractivity contribution in [1.82, 2.24) is 9.88 Å². The van der Waals surface area contributed by atoms with Crippen LogP contribution in [0.25, 0.3) is 11.1 Å². The predicted octanol–water partition coefficient (Wildman–Crippen LogP) is 5.66. The Hall–Kier alpha value is -4.87. The normalized spacial score (nSPS) is 15.0. The molecule has 6 rings (SSSR count). The Labute approximate surface area is 246 Å². The van der Waals surface area contributed by atoms with Crippen LogP contribution in [0.15, 0.2) is 79.0 Å². The summed E-state index contributed by atoms with van der Waals surface area (Å²) >= 11 is 0. The van der Waals surface area contributed by atoms with Gasteiger partial charge in [0.1, 0.15) is 19.0 Å². The number of ether oxygens (including phenoxy) is 2. The Morgan fingerprint density at radius 2 is 1.76 bits per heavy atom. The first kappa shape index (κ1) is 27.3. The number of amides is 1. The zero-order valence-electron chi connectivity index (χ0n) is 23.7. The highest BCUT2D eigenvalue weighted by molar-refractivity contribution is 6.05. The Kier molecular flexibility index (Phi) is 8.02. The SMILES string of the molecule is Cc1ccc(C(=O)Nc2ccc(N3CCCN(Cc4ccc5c(c4)OCCO5)CC3)nc2)cc1-c1ccc(C#N)cc1. The molecule has 3 heterocycles. The van der Waals surface area contributed by atoms with Crippen LogP contribution >= 0.6 is 0 Å². The van der Waals surface area contributed by atoms with Gasteiger partial charge in [0.25, 0.3) is 5.91 Å². The van der Waals surface area contributed by atoms with Crippen molar-refractivity contribution in [3.8, 4) is 28.7 Å². The molecule has 2 aliphatic rings. The first-order chi connectivity index (χ1) is 20.6. The van der Waals surface area contributed by atoms with Crippen LogP contribution in [0, 0.1) is 18.3 Å². The van der Waals surface area contributed by atoms with E-state index < -0.39 is 0 Å². The number of aromatic nitrogens is 1. The number of pyridine rings is 1. The summed E-state index contributed by atoms with van der Waals surface area (Å²) in [5, 5.41) is 12.1. The van der Waals surface area contributed by atoms with Gasteiger partial charge in [0.2, 0.25) is 0 Å². The van der Waals surface area contributed by atoms with Crippen molar-refractivity contribution in [2.45, 2.75) is 19.9 Å². The number of rotatable bonds is 6. The van der Waals surface area contributed by atoms with Gasteiger partial charge in [0.05, 0.1) is 23.5 Å². The van der Waals surface area contributed by atoms with Gasteiger partial charge in [-0.1, -0.05) is 24.3 Å². The summed E-state index contributed by atoms with van der Waals surface area (Å²) in [6.45, 7) is 7.83. The molecule has 4 aromatic rings. The molecule has 42 heavy (non-hydrogen) atoms. The summed E-state index contributed by atoms with van der Waals surface area (Å²) in [5.74, 6) is 2.38. The second-order valence-corrected chi connectivity index (χ2v) is 10.7. The summed E-state index contributed by atoms with van der Waals surface area (Å²) in [5.41, 5.74) is 6.04. The van der Waals surface area contributed by atoms with Gasteiger partial charge in [0.15, 0.2) is 11.5 Å². The molecular formula is C34H33N5O3. The van der Waals surface area contributed by atoms with Gasteiger partial charge >= 0.3 is 0 Å². The third-order valence-corrected chi connectivity index (χ3v) is 7.76. The molecule has 3 aromatic carbocycles. The third kappa shape index (κ3) is 6.22. The molecular weight excluding hydrogens is 526 g/mol. The van der Waals surface area contributed by atoms with E-state index in [1.54, 1.807) is 18.3 Å². The zero-order chi connectivity index (χ0) is 28.9. The number of nitriles is 1. The number of hydrogen-bond acceptors (Lipinski definition) is 7. The number of carbonyl (C=O) groups excluding carboxylic acids is 1. The van der Waals surface area contributed by atoms with Crippen molar-refractivity contribution in [2.75, 3.05) is 49.6 Å². The van der Waals surface area contributed by atoms with E-state index in [0.717, 1.165) is 73.2 Å². The average Bonchev–Trinajstić information content (AvgIpc) is 3.27. The molecule has 8 nitrogen and oxygen atoms in total. The van der Waals surface area contributed by atoms with Crippen LogP contribution in [-0.4, -0.2) is 55.2 Å². The largest absolute Gasteiger partial charge is 0.486 e. The van der Waals surface area contributed by atoms with Crippen LogP contribution in [0.3, 0.4) is 0 Å². The van der Waals surface area contributed by atoms with Gasteiger partial charge in [0, 0.05) is 38.3 Å². The molecule has 8 heteroatoms. The number of nitrogens with zero attached hydrogens (tertiary/aromatic N) is 4. The molecule has 0 spiro atoms. The van der Waals surface area contributed by atoms with Gasteiger partial charge in [-0.3, -0.25) is 9.69 Å². The Bertz CT molecular complexity index is 1610. The summed E-state index contributed by atoms with van der Waals surface area (Å²) < 4.78 is 11.4. The fraction of sp³-hybridized carbons (Fsp3) is 0.265. The minimum absolute atomic E-state index is 0.191. The van der Waals surface area contributed by atoms with Crippen molar-refractivity contribution in [1.29, 1.82) is 5.26 Å². The maximum Gasteiger partial charge on any atom is 0.255 e. The first-order valence-electron chi connectivity index (χ1n) is 14.3. The molecule has 0 bridgehead atoms. The lowest BCUT2D eigenvalue weighted by Gasteiger charge is -2.24. The number of anilines is 2. The molecule has 1 fully saturated rings. The number of aryl methyl sites for hydroxylation is 1. The van der Waals surface area contributed by atoms with Crippen LogP contribution in [0.2, 0.25) is 0 Å². The fourth-order valence-electron chi connectivity index (χ4n) is 5.45. The number of carbonyl (C=O) groups is 1. The Morgan fingerprint density at radius 1 is 0.929 bits per heavy atom. The monoisotopic (exact) mass is 559 g/mol. The van der Waals surface area contributed by atoms with Gasteiger partial charge in [-0.25, -0.2) is 4.98 Å². The summed E-state index contributed by atoms with van der Waals surface area (Å²) in [7, 11) is 0. The van der Waals surface area contributed by atoms with Crippen molar-refractivity contribution < 1.29 is 14.3 Å². The van der Waals surface area contributed by atoms with Gasteiger partial charge < -0.3 is 19.7 Å². The molecule has 212 valence electrons. The number of fused-ring (bicyclic) bond motifs is 1. The number of hydrogen-bond donors (Lipinski definition) is 1. The second kappa shape index (κ2) is 12.3. The van der Waals surface area contributed by atoms with Crippen molar-refractivity contribution in [3.63, 3.8) is 0 Å². The minimum atomic E-state index is -0.191. The quantitative estimate of drug-likeness (QED) is 0.326. The van der Waals surface area contributed by atoms with E-state index in [4.69, 9.17) is 14.7 Å². The van der Waals surface area contributed by atoms with Gasteiger partial charge in [-0.05, 0) is 84.1 Å². The lowest BCUT2D eigenvalue weighted by atomic mass is 9.97. The maximum absolute atomic E-state index is 13.1. The van der Waals surface area contributed by atoms with E-state index in [1.165, 1.54) is 5.56 Å². The molecule has 0 radical (unpaired) electrons. The van der Waals surface area contributed by atoms with E-state index in [2.05, 4.69) is 38.3 Å². The van der Waals surface area contributed by atoms with E-state index in [0.29, 0.717) is 30.0 Å². The van der Waals surface area contributed by atoms with Crippen molar-refractivity contribution in [2.24, 2.45) is 0 Å². The van der Waals surface area contributed by atoms with Crippen LogP contribution < -0.4 is 19.7 Å². The topological polar surface area (TPSA) is 90.7 Å². The molecule has 0 atom stereocenters. The smallest absolute Gasteiger partial charge is 0.255 e. The second-order valence-electron chi connectivity index (χ2n) is 10.7. The summed E-state index contributed by atoms with van der Waals surface area (Å²) in [4.78, 5) is 22.5. The average molecular weight is 560 g/mol. The van der Waals surface area contributed by atoms with Gasteiger partial charge in [-0.15, -0.1) is 0 Å². The standard InChI is InChI=1S/C34H33N5O3/c1-24-3-7-28(20-30(24)27-8-4-25(21-35)5-9-27)34(40)37-29-10-12-33(36-22-29)39-14-2-13-38(15-16-39)23-26-6-11-31-32(19-26)42-18-17-41-31/h3-12,19-20,22H,2,13-18,23H2,1H3,(H,37,40). The summed E-state index contributed by atoms with van der Waals surface area (Å²) in [6, 6.07) is 25.3. The van der Waals surface area contributed by atoms with Gasteiger partial charge in [-0.2, -0.15) is 5.26 Å². The van der Waals surface area contributed by atoms with Crippen LogP contribution in [0.1, 0.15) is 33.5 Å². The minimum Gasteiger partial charge on any atom is -0.486 e. The number of nitrogens with one attached hydrogen (secondary N) is 1. The lowest BCUT2D eigenvalue weighted by Crippen LogP contribution is -2.31. The van der Waals surface area contributed by atoms with E-state index in [-0.39, 0.29) is 5.91 Å². The molecule has 0 saturated carbocycles. The molecule has 2 aliphatic heterocycles. The molecule has 0 aliphatic carbocycles. The fourth-order valence-corrected chi connectivity index (χ4v) is 5.45. The highest BCUT2D eigenvalue weighted by Gasteiger charge is 2.18. The van der Waals surface area contributed by atoms with Crippen molar-refractivity contribution >= 4 is 17.4 Å². The molecule has 1 N–H and O–H groups in total. The maximum atomic E-state index is 13.1. The van der Waals surface area contributed by atoms with E-state index >= 15 is 0 Å². The zero-order valence-corrected chi connectivity index (χ0v) is 23.7. The lowest BCUT2D eigenvalue weighted by molar-refractivity contribution is 0.102. The molecule has 1 saturated heterocycles. The molecule has 1 aromatic heterocycles. The van der Waals surface area contributed by atoms with Crippen molar-refractivity contribution in [3.05, 3.63) is 101 Å². The van der Waals surface area contributed by atoms with Crippen LogP contribution in [0.4, 0.5) is 11.5 Å². The summed E-state index contributed by atoms with van der Waals surface area (Å²) in [6.07, 6.45) is 2.76. The Balaban J connectivity index is 1.06. The first-order valence-corrected chi connectivity index (χ1v) is 14.3. The number of benzene rings is 3. The molecule has 1 amide bonds. The van der Waals surface area contributed by atoms with Crippen LogP contribution in [0.5, 0.6) is 11.5 Å².